The quantitative estimate of drug-likeness (QED) is 0.453. The Labute approximate surface area is 91.0 Å². The monoisotopic (exact) mass is 200 g/mol. The van der Waals surface area contributed by atoms with Crippen molar-refractivity contribution in [2.45, 2.75) is 75.1 Å². The minimum atomic E-state index is -0.287. The van der Waals surface area contributed by atoms with Gasteiger partial charge in [0.1, 0.15) is 0 Å². The Balaban J connectivity index is 0. The lowest BCUT2D eigenvalue weighted by atomic mass is 10.4. The molecule has 0 bridgehead atoms. The molecule has 0 fully saturated rings. The van der Waals surface area contributed by atoms with Gasteiger partial charge < -0.3 is 0 Å². The summed E-state index contributed by atoms with van der Waals surface area (Å²) in [6.45, 7) is 6.97. The molecule has 0 rings (SSSR count). The van der Waals surface area contributed by atoms with E-state index >= 15 is 0 Å². The van der Waals surface area contributed by atoms with Gasteiger partial charge in [-0.05, 0) is 0 Å². The van der Waals surface area contributed by atoms with Gasteiger partial charge in [0.05, 0.1) is 0 Å². The highest BCUT2D eigenvalue weighted by atomic mass is 27.2. The van der Waals surface area contributed by atoms with Gasteiger partial charge in [-0.15, -0.1) is 0 Å². The zero-order valence-electron chi connectivity index (χ0n) is 9.94. The highest BCUT2D eigenvalue weighted by molar-refractivity contribution is 6.58. The summed E-state index contributed by atoms with van der Waals surface area (Å²) in [5.74, 6) is 0. The fraction of sp³-hybridized carbons (Fsp3) is 1.00. The molecule has 0 nitrogen and oxygen atoms in total. The Morgan fingerprint density at radius 1 is 0.692 bits per heavy atom. The summed E-state index contributed by atoms with van der Waals surface area (Å²) in [7, 11) is 0. The highest BCUT2D eigenvalue weighted by Gasteiger charge is 2.14. The van der Waals surface area contributed by atoms with Crippen molar-refractivity contribution >= 4 is 14.1 Å². The largest absolute Gasteiger partial charge is 0.261 e. The molecule has 0 aromatic carbocycles. The van der Waals surface area contributed by atoms with Crippen molar-refractivity contribution in [2.75, 3.05) is 0 Å². The Morgan fingerprint density at radius 3 is 1.23 bits per heavy atom. The van der Waals surface area contributed by atoms with Gasteiger partial charge in [-0.1, -0.05) is 75.1 Å². The molecular formula is C12H29Al. The van der Waals surface area contributed by atoms with Crippen LogP contribution in [0.15, 0.2) is 0 Å². The van der Waals surface area contributed by atoms with E-state index in [0.29, 0.717) is 0 Å². The fourth-order valence-electron chi connectivity index (χ4n) is 1.91. The zero-order valence-corrected chi connectivity index (χ0v) is 11.1. The van der Waals surface area contributed by atoms with Crippen LogP contribution in [0.3, 0.4) is 0 Å². The van der Waals surface area contributed by atoms with E-state index in [0.717, 1.165) is 0 Å². The van der Waals surface area contributed by atoms with Gasteiger partial charge in [0.15, 0.2) is 0 Å². The first-order valence-electron chi connectivity index (χ1n) is 6.35. The summed E-state index contributed by atoms with van der Waals surface area (Å²) in [5, 5.41) is 4.86. The summed E-state index contributed by atoms with van der Waals surface area (Å²) < 4.78 is 0. The SMILES string of the molecule is CCC[CH2][Al]([CH2]CCC)[CH2]CCC.[HH]. The normalized spacial score (nSPS) is 10.4. The standard InChI is InChI=1S/3C4H9.Al.H2/c3*1-3-4-2;;/h3*1,3-4H2,2H3;;1H. The Kier molecular flexibility index (Phi) is 11.0. The van der Waals surface area contributed by atoms with E-state index in [9.17, 15) is 0 Å². The summed E-state index contributed by atoms with van der Waals surface area (Å²) in [6.07, 6.45) is 8.73. The van der Waals surface area contributed by atoms with Crippen LogP contribution in [0.1, 0.15) is 60.7 Å². The molecule has 0 aliphatic heterocycles. The molecule has 0 atom stereocenters. The number of hydrogen-bond donors (Lipinski definition) is 0. The second kappa shape index (κ2) is 10.6. The Hall–Kier alpha value is 0.532. The van der Waals surface area contributed by atoms with E-state index in [-0.39, 0.29) is 15.6 Å². The molecule has 1 heteroatoms. The van der Waals surface area contributed by atoms with Gasteiger partial charge in [-0.3, -0.25) is 0 Å². The summed E-state index contributed by atoms with van der Waals surface area (Å²) in [6, 6.07) is 0. The van der Waals surface area contributed by atoms with Crippen molar-refractivity contribution in [1.29, 1.82) is 0 Å². The molecule has 0 radical (unpaired) electrons. The van der Waals surface area contributed by atoms with Gasteiger partial charge in [-0.2, -0.15) is 0 Å². The maximum Gasteiger partial charge on any atom is 0.261 e. The molecular weight excluding hydrogens is 171 g/mol. The molecule has 80 valence electrons. The molecule has 0 aromatic rings. The van der Waals surface area contributed by atoms with Crippen LogP contribution in [-0.4, -0.2) is 14.1 Å². The van der Waals surface area contributed by atoms with E-state index in [1.54, 1.807) is 15.8 Å². The topological polar surface area (TPSA) is 0 Å². The first-order valence-corrected chi connectivity index (χ1v) is 8.80. The van der Waals surface area contributed by atoms with Gasteiger partial charge >= 0.3 is 0 Å². The van der Waals surface area contributed by atoms with Gasteiger partial charge in [0, 0.05) is 1.43 Å². The third-order valence-corrected chi connectivity index (χ3v) is 6.57. The van der Waals surface area contributed by atoms with E-state index in [2.05, 4.69) is 20.8 Å². The van der Waals surface area contributed by atoms with E-state index in [1.807, 2.05) is 0 Å². The molecule has 0 saturated carbocycles. The minimum absolute atomic E-state index is 0. The van der Waals surface area contributed by atoms with E-state index in [4.69, 9.17) is 0 Å². The number of unbranched alkanes of at least 4 members (excludes halogenated alkanes) is 3. The predicted octanol–water partition coefficient (Wildman–Crippen LogP) is 5.13. The van der Waals surface area contributed by atoms with Crippen molar-refractivity contribution < 1.29 is 1.43 Å². The third-order valence-electron chi connectivity index (χ3n) is 2.90. The molecule has 0 unspecified atom stereocenters. The van der Waals surface area contributed by atoms with Crippen LogP contribution in [0.5, 0.6) is 0 Å². The van der Waals surface area contributed by atoms with Crippen molar-refractivity contribution in [3.05, 3.63) is 0 Å². The molecule has 0 saturated heterocycles. The Morgan fingerprint density at radius 2 is 1.00 bits per heavy atom. The molecule has 0 aliphatic rings. The number of hydrogen-bond acceptors (Lipinski definition) is 0. The van der Waals surface area contributed by atoms with Crippen molar-refractivity contribution in [3.63, 3.8) is 0 Å². The Bertz CT molecular complexity index is 77.3. The van der Waals surface area contributed by atoms with Crippen LogP contribution in [-0.2, 0) is 0 Å². The van der Waals surface area contributed by atoms with E-state index < -0.39 is 0 Å². The minimum Gasteiger partial charge on any atom is -0.0939 e. The molecule has 0 aromatic heterocycles. The van der Waals surface area contributed by atoms with Crippen LogP contribution in [0.4, 0.5) is 0 Å². The molecule has 0 spiro atoms. The van der Waals surface area contributed by atoms with Crippen LogP contribution >= 0.6 is 0 Å². The zero-order chi connectivity index (χ0) is 9.94. The first kappa shape index (κ1) is 13.5. The van der Waals surface area contributed by atoms with Gasteiger partial charge in [0.2, 0.25) is 0 Å². The van der Waals surface area contributed by atoms with Crippen molar-refractivity contribution in [3.8, 4) is 0 Å². The molecule has 0 aliphatic carbocycles. The number of rotatable bonds is 9. The van der Waals surface area contributed by atoms with Gasteiger partial charge in [0.25, 0.3) is 14.1 Å². The lowest BCUT2D eigenvalue weighted by molar-refractivity contribution is 0.812. The van der Waals surface area contributed by atoms with Crippen LogP contribution < -0.4 is 0 Å². The predicted molar refractivity (Wildman–Crippen MR) is 67.0 cm³/mol. The lowest BCUT2D eigenvalue weighted by Crippen LogP contribution is -2.11. The van der Waals surface area contributed by atoms with Crippen LogP contribution in [0.2, 0.25) is 15.8 Å². The average Bonchev–Trinajstić information content (AvgIpc) is 2.17. The van der Waals surface area contributed by atoms with Crippen molar-refractivity contribution in [1.82, 2.24) is 0 Å². The summed E-state index contributed by atoms with van der Waals surface area (Å²) in [5.41, 5.74) is 0. The maximum atomic E-state index is 2.32. The fourth-order valence-corrected chi connectivity index (χ4v) is 5.73. The molecule has 0 N–H and O–H groups in total. The third kappa shape index (κ3) is 8.85. The van der Waals surface area contributed by atoms with E-state index in [1.165, 1.54) is 38.5 Å². The maximum absolute atomic E-state index is 2.32. The van der Waals surface area contributed by atoms with Crippen LogP contribution in [0, 0.1) is 0 Å². The average molecular weight is 200 g/mol. The first-order chi connectivity index (χ1) is 6.35. The molecule has 13 heavy (non-hydrogen) atoms. The molecule has 0 amide bonds. The second-order valence-corrected chi connectivity index (χ2v) is 7.76. The summed E-state index contributed by atoms with van der Waals surface area (Å²) >= 11 is -0.287. The molecule has 0 heterocycles. The second-order valence-electron chi connectivity index (χ2n) is 4.29. The van der Waals surface area contributed by atoms with Crippen molar-refractivity contribution in [2.24, 2.45) is 0 Å². The lowest BCUT2D eigenvalue weighted by Gasteiger charge is -2.09. The smallest absolute Gasteiger partial charge is 0.0939 e. The summed E-state index contributed by atoms with van der Waals surface area (Å²) in [4.78, 5) is 0. The highest BCUT2D eigenvalue weighted by Crippen LogP contribution is 2.16. The van der Waals surface area contributed by atoms with Gasteiger partial charge in [-0.25, -0.2) is 0 Å². The van der Waals surface area contributed by atoms with Crippen LogP contribution in [0.25, 0.3) is 0 Å².